The monoisotopic (exact) mass is 272 g/mol. The van der Waals surface area contributed by atoms with E-state index in [1.165, 1.54) is 18.4 Å². The highest BCUT2D eigenvalue weighted by atomic mass is 32.1. The smallest absolute Gasteiger partial charge is 0.228 e. The first-order chi connectivity index (χ1) is 8.36. The molecule has 1 atom stereocenters. The SMILES string of the molecule is COC(CN)CC(=O)Nc1nnc(C(C)(C)C)s1. The van der Waals surface area contributed by atoms with E-state index in [-0.39, 0.29) is 23.8 Å². The van der Waals surface area contributed by atoms with Gasteiger partial charge in [-0.15, -0.1) is 10.2 Å². The van der Waals surface area contributed by atoms with Crippen molar-refractivity contribution >= 4 is 22.4 Å². The third-order valence-corrected chi connectivity index (χ3v) is 3.59. The number of nitrogens with two attached hydrogens (primary N) is 1. The lowest BCUT2D eigenvalue weighted by atomic mass is 9.98. The molecule has 0 aliphatic heterocycles. The van der Waals surface area contributed by atoms with Gasteiger partial charge in [-0.25, -0.2) is 0 Å². The molecule has 1 amide bonds. The number of hydrogen-bond acceptors (Lipinski definition) is 6. The van der Waals surface area contributed by atoms with Gasteiger partial charge >= 0.3 is 0 Å². The molecule has 0 fully saturated rings. The standard InChI is InChI=1S/C11H20N4O2S/c1-11(2,3)9-14-15-10(18-9)13-8(16)5-7(6-12)17-4/h7H,5-6,12H2,1-4H3,(H,13,15,16). The van der Waals surface area contributed by atoms with Gasteiger partial charge in [0.05, 0.1) is 12.5 Å². The highest BCUT2D eigenvalue weighted by Crippen LogP contribution is 2.27. The summed E-state index contributed by atoms with van der Waals surface area (Å²) in [6.45, 7) is 6.46. The van der Waals surface area contributed by atoms with Crippen molar-refractivity contribution in [1.29, 1.82) is 0 Å². The second kappa shape index (κ2) is 6.21. The Morgan fingerprint density at radius 3 is 2.61 bits per heavy atom. The van der Waals surface area contributed by atoms with Crippen LogP contribution in [0, 0.1) is 0 Å². The van der Waals surface area contributed by atoms with E-state index >= 15 is 0 Å². The van der Waals surface area contributed by atoms with Crippen molar-refractivity contribution in [3.8, 4) is 0 Å². The number of methoxy groups -OCH3 is 1. The highest BCUT2D eigenvalue weighted by Gasteiger charge is 2.20. The maximum absolute atomic E-state index is 11.7. The summed E-state index contributed by atoms with van der Waals surface area (Å²) < 4.78 is 5.05. The average Bonchev–Trinajstić information content (AvgIpc) is 2.74. The summed E-state index contributed by atoms with van der Waals surface area (Å²) in [4.78, 5) is 11.7. The molecule has 1 unspecified atom stereocenters. The Morgan fingerprint density at radius 2 is 2.17 bits per heavy atom. The summed E-state index contributed by atoms with van der Waals surface area (Å²) in [5.41, 5.74) is 5.39. The van der Waals surface area contributed by atoms with E-state index in [9.17, 15) is 4.79 Å². The van der Waals surface area contributed by atoms with Gasteiger partial charge in [-0.3, -0.25) is 4.79 Å². The van der Waals surface area contributed by atoms with Crippen LogP contribution in [0.3, 0.4) is 0 Å². The number of anilines is 1. The quantitative estimate of drug-likeness (QED) is 0.838. The zero-order chi connectivity index (χ0) is 13.8. The molecule has 1 heterocycles. The maximum atomic E-state index is 11.7. The number of nitrogens with one attached hydrogen (secondary N) is 1. The van der Waals surface area contributed by atoms with Gasteiger partial charge in [0.25, 0.3) is 0 Å². The summed E-state index contributed by atoms with van der Waals surface area (Å²) in [5, 5.41) is 12.1. The molecule has 7 heteroatoms. The first-order valence-corrected chi connectivity index (χ1v) is 6.55. The van der Waals surface area contributed by atoms with Gasteiger partial charge < -0.3 is 15.8 Å². The number of ether oxygens (including phenoxy) is 1. The van der Waals surface area contributed by atoms with Crippen LogP contribution >= 0.6 is 11.3 Å². The molecule has 1 aromatic heterocycles. The van der Waals surface area contributed by atoms with Crippen LogP contribution in [-0.2, 0) is 14.9 Å². The molecular formula is C11H20N4O2S. The minimum atomic E-state index is -0.264. The van der Waals surface area contributed by atoms with Crippen molar-refractivity contribution in [3.63, 3.8) is 0 Å². The number of carbonyl (C=O) groups excluding carboxylic acids is 1. The Hall–Kier alpha value is -1.05. The second-order valence-corrected chi connectivity index (χ2v) is 5.99. The van der Waals surface area contributed by atoms with Crippen LogP contribution < -0.4 is 11.1 Å². The van der Waals surface area contributed by atoms with Gasteiger partial charge in [-0.05, 0) is 0 Å². The molecule has 0 bridgehead atoms. The normalized spacial score (nSPS) is 13.4. The molecule has 0 aliphatic carbocycles. The topological polar surface area (TPSA) is 90.1 Å². The van der Waals surface area contributed by atoms with Crippen LogP contribution in [0.4, 0.5) is 5.13 Å². The van der Waals surface area contributed by atoms with Gasteiger partial charge in [0.2, 0.25) is 11.0 Å². The molecule has 0 spiro atoms. The van der Waals surface area contributed by atoms with Gasteiger partial charge in [0, 0.05) is 19.1 Å². The Kier molecular flexibility index (Phi) is 5.18. The van der Waals surface area contributed by atoms with Crippen molar-refractivity contribution < 1.29 is 9.53 Å². The Morgan fingerprint density at radius 1 is 1.50 bits per heavy atom. The Labute approximate surface area is 111 Å². The van der Waals surface area contributed by atoms with E-state index < -0.39 is 0 Å². The molecule has 1 rings (SSSR count). The molecule has 0 aromatic carbocycles. The zero-order valence-electron chi connectivity index (χ0n) is 11.2. The minimum Gasteiger partial charge on any atom is -0.380 e. The van der Waals surface area contributed by atoms with Crippen molar-refractivity contribution in [2.24, 2.45) is 5.73 Å². The fourth-order valence-electron chi connectivity index (χ4n) is 1.22. The van der Waals surface area contributed by atoms with Gasteiger partial charge in [-0.2, -0.15) is 0 Å². The Balaban J connectivity index is 2.57. The van der Waals surface area contributed by atoms with E-state index in [0.717, 1.165) is 5.01 Å². The molecule has 0 aliphatic rings. The van der Waals surface area contributed by atoms with Crippen LogP contribution in [-0.4, -0.2) is 35.9 Å². The summed E-state index contributed by atoms with van der Waals surface area (Å²) in [7, 11) is 1.54. The predicted octanol–water partition coefficient (Wildman–Crippen LogP) is 1.14. The van der Waals surface area contributed by atoms with Crippen molar-refractivity contribution in [2.75, 3.05) is 19.0 Å². The first kappa shape index (κ1) is 15.0. The molecule has 6 nitrogen and oxygen atoms in total. The van der Waals surface area contributed by atoms with Crippen LogP contribution in [0.1, 0.15) is 32.2 Å². The lowest BCUT2D eigenvalue weighted by Gasteiger charge is -2.12. The fraction of sp³-hybridized carbons (Fsp3) is 0.727. The van der Waals surface area contributed by atoms with Gasteiger partial charge in [0.15, 0.2) is 0 Å². The van der Waals surface area contributed by atoms with E-state index in [1.54, 1.807) is 0 Å². The molecule has 0 radical (unpaired) electrons. The second-order valence-electron chi connectivity index (χ2n) is 5.01. The van der Waals surface area contributed by atoms with E-state index in [1.807, 2.05) is 0 Å². The lowest BCUT2D eigenvalue weighted by Crippen LogP contribution is -2.28. The Bertz CT molecular complexity index is 396. The molecular weight excluding hydrogens is 252 g/mol. The van der Waals surface area contributed by atoms with E-state index in [2.05, 4.69) is 36.3 Å². The third kappa shape index (κ3) is 4.32. The first-order valence-electron chi connectivity index (χ1n) is 5.73. The summed E-state index contributed by atoms with van der Waals surface area (Å²) in [5.74, 6) is -0.163. The third-order valence-electron chi connectivity index (χ3n) is 2.32. The average molecular weight is 272 g/mol. The zero-order valence-corrected chi connectivity index (χ0v) is 12.0. The number of aromatic nitrogens is 2. The lowest BCUT2D eigenvalue weighted by molar-refractivity contribution is -0.118. The molecule has 0 saturated carbocycles. The predicted molar refractivity (Wildman–Crippen MR) is 71.7 cm³/mol. The largest absolute Gasteiger partial charge is 0.380 e. The number of carbonyl (C=O) groups is 1. The fourth-order valence-corrected chi connectivity index (χ4v) is 2.03. The highest BCUT2D eigenvalue weighted by molar-refractivity contribution is 7.15. The van der Waals surface area contributed by atoms with Crippen LogP contribution in [0.5, 0.6) is 0 Å². The molecule has 1 aromatic rings. The number of hydrogen-bond donors (Lipinski definition) is 2. The molecule has 102 valence electrons. The van der Waals surface area contributed by atoms with Crippen LogP contribution in [0.2, 0.25) is 0 Å². The van der Waals surface area contributed by atoms with Crippen molar-refractivity contribution in [3.05, 3.63) is 5.01 Å². The number of nitrogens with zero attached hydrogens (tertiary/aromatic N) is 2. The summed E-state index contributed by atoms with van der Waals surface area (Å²) in [6, 6.07) is 0. The maximum Gasteiger partial charge on any atom is 0.228 e. The van der Waals surface area contributed by atoms with Crippen molar-refractivity contribution in [1.82, 2.24) is 10.2 Å². The minimum absolute atomic E-state index is 0.0625. The van der Waals surface area contributed by atoms with Crippen LogP contribution in [0.25, 0.3) is 0 Å². The number of rotatable bonds is 5. The van der Waals surface area contributed by atoms with Gasteiger partial charge in [0.1, 0.15) is 5.01 Å². The van der Waals surface area contributed by atoms with E-state index in [4.69, 9.17) is 10.5 Å². The molecule has 3 N–H and O–H groups in total. The molecule has 0 saturated heterocycles. The summed E-state index contributed by atoms with van der Waals surface area (Å²) in [6.07, 6.45) is -0.0442. The number of amides is 1. The summed E-state index contributed by atoms with van der Waals surface area (Å²) >= 11 is 1.38. The van der Waals surface area contributed by atoms with E-state index in [0.29, 0.717) is 11.7 Å². The van der Waals surface area contributed by atoms with Crippen LogP contribution in [0.15, 0.2) is 0 Å². The van der Waals surface area contributed by atoms with Gasteiger partial charge in [-0.1, -0.05) is 32.1 Å². The molecule has 18 heavy (non-hydrogen) atoms. The van der Waals surface area contributed by atoms with Crippen molar-refractivity contribution in [2.45, 2.75) is 38.7 Å².